The van der Waals surface area contributed by atoms with Crippen LogP contribution in [0.1, 0.15) is 12.5 Å². The van der Waals surface area contributed by atoms with Gasteiger partial charge in [0.15, 0.2) is 0 Å². The highest BCUT2D eigenvalue weighted by molar-refractivity contribution is 6.59. The third-order valence-electron chi connectivity index (χ3n) is 1.97. The quantitative estimate of drug-likeness (QED) is 0.729. The SMILES string of the molecule is CCOc1c(Cl)ccc(B(O)O)c1C. The lowest BCUT2D eigenvalue weighted by Crippen LogP contribution is -2.32. The van der Waals surface area contributed by atoms with Crippen LogP contribution in [0.3, 0.4) is 0 Å². The van der Waals surface area contributed by atoms with E-state index in [4.69, 9.17) is 26.4 Å². The van der Waals surface area contributed by atoms with Crippen molar-refractivity contribution in [3.8, 4) is 5.75 Å². The molecule has 0 bridgehead atoms. The lowest BCUT2D eigenvalue weighted by molar-refractivity contribution is 0.338. The number of hydrogen-bond donors (Lipinski definition) is 2. The molecule has 0 spiro atoms. The van der Waals surface area contributed by atoms with Crippen molar-refractivity contribution in [2.45, 2.75) is 13.8 Å². The molecule has 3 nitrogen and oxygen atoms in total. The molecule has 0 saturated carbocycles. The van der Waals surface area contributed by atoms with Gasteiger partial charge in [0, 0.05) is 0 Å². The number of ether oxygens (including phenoxy) is 1. The van der Waals surface area contributed by atoms with Crippen LogP contribution in [0.5, 0.6) is 5.75 Å². The minimum absolute atomic E-state index is 0.415. The highest BCUT2D eigenvalue weighted by Gasteiger charge is 2.18. The van der Waals surface area contributed by atoms with Crippen molar-refractivity contribution in [2.75, 3.05) is 6.61 Å². The van der Waals surface area contributed by atoms with Crippen molar-refractivity contribution < 1.29 is 14.8 Å². The predicted molar refractivity (Wildman–Crippen MR) is 57.2 cm³/mol. The maximum absolute atomic E-state index is 9.05. The van der Waals surface area contributed by atoms with Crippen molar-refractivity contribution in [2.24, 2.45) is 0 Å². The zero-order valence-electron chi connectivity index (χ0n) is 8.12. The second kappa shape index (κ2) is 4.69. The third kappa shape index (κ3) is 2.21. The van der Waals surface area contributed by atoms with E-state index in [0.717, 1.165) is 0 Å². The lowest BCUT2D eigenvalue weighted by Gasteiger charge is -2.12. The third-order valence-corrected chi connectivity index (χ3v) is 2.26. The molecule has 0 radical (unpaired) electrons. The second-order valence-corrected chi connectivity index (χ2v) is 3.30. The largest absolute Gasteiger partial charge is 0.492 e. The first-order valence-corrected chi connectivity index (χ1v) is 4.73. The average molecular weight is 214 g/mol. The van der Waals surface area contributed by atoms with Crippen LogP contribution in [0.2, 0.25) is 5.02 Å². The van der Waals surface area contributed by atoms with Crippen LogP contribution >= 0.6 is 11.6 Å². The molecule has 0 aliphatic carbocycles. The average Bonchev–Trinajstić information content (AvgIpc) is 2.11. The molecule has 0 amide bonds. The fraction of sp³-hybridized carbons (Fsp3) is 0.333. The predicted octanol–water partition coefficient (Wildman–Crippen LogP) is 0.727. The van der Waals surface area contributed by atoms with Crippen LogP contribution in [0.25, 0.3) is 0 Å². The van der Waals surface area contributed by atoms with Gasteiger partial charge in [0.05, 0.1) is 11.6 Å². The van der Waals surface area contributed by atoms with Gasteiger partial charge >= 0.3 is 7.12 Å². The highest BCUT2D eigenvalue weighted by Crippen LogP contribution is 2.26. The van der Waals surface area contributed by atoms with E-state index in [9.17, 15) is 0 Å². The first kappa shape index (κ1) is 11.4. The molecule has 1 aromatic rings. The van der Waals surface area contributed by atoms with Crippen molar-refractivity contribution >= 4 is 24.2 Å². The molecule has 14 heavy (non-hydrogen) atoms. The Balaban J connectivity index is 3.19. The minimum atomic E-state index is -1.49. The van der Waals surface area contributed by atoms with Gasteiger partial charge in [0.2, 0.25) is 0 Å². The summed E-state index contributed by atoms with van der Waals surface area (Å²) in [4.78, 5) is 0. The fourth-order valence-corrected chi connectivity index (χ4v) is 1.53. The standard InChI is InChI=1S/C9H12BClO3/c1-3-14-9-6(2)7(10(12)13)4-5-8(9)11/h4-5,12-13H,3H2,1-2H3. The molecule has 2 N–H and O–H groups in total. The van der Waals surface area contributed by atoms with E-state index >= 15 is 0 Å². The van der Waals surface area contributed by atoms with Gasteiger partial charge in [0.1, 0.15) is 5.75 Å². The molecule has 0 aliphatic rings. The summed E-state index contributed by atoms with van der Waals surface area (Å²) in [6, 6.07) is 3.17. The number of hydrogen-bond acceptors (Lipinski definition) is 3. The fourth-order valence-electron chi connectivity index (χ4n) is 1.28. The zero-order chi connectivity index (χ0) is 10.7. The molecule has 0 unspecified atom stereocenters. The first-order valence-electron chi connectivity index (χ1n) is 4.35. The van der Waals surface area contributed by atoms with Gasteiger partial charge in [-0.15, -0.1) is 0 Å². The van der Waals surface area contributed by atoms with Gasteiger partial charge in [-0.05, 0) is 30.9 Å². The zero-order valence-corrected chi connectivity index (χ0v) is 8.88. The molecule has 1 aromatic carbocycles. The summed E-state index contributed by atoms with van der Waals surface area (Å²) in [5.74, 6) is 0.514. The van der Waals surface area contributed by atoms with Crippen LogP contribution in [0.15, 0.2) is 12.1 Å². The van der Waals surface area contributed by atoms with Crippen LogP contribution < -0.4 is 10.2 Å². The summed E-state index contributed by atoms with van der Waals surface area (Å²) in [7, 11) is -1.49. The summed E-state index contributed by atoms with van der Waals surface area (Å²) in [5.41, 5.74) is 1.08. The van der Waals surface area contributed by atoms with Gasteiger partial charge in [-0.25, -0.2) is 0 Å². The molecule has 0 heterocycles. The van der Waals surface area contributed by atoms with Gasteiger partial charge in [-0.3, -0.25) is 0 Å². The van der Waals surface area contributed by atoms with Gasteiger partial charge in [-0.1, -0.05) is 17.7 Å². The minimum Gasteiger partial charge on any atom is -0.492 e. The van der Waals surface area contributed by atoms with Crippen LogP contribution in [-0.4, -0.2) is 23.8 Å². The summed E-state index contributed by atoms with van der Waals surface area (Å²) in [5, 5.41) is 18.6. The molecule has 76 valence electrons. The Hall–Kier alpha value is -0.705. The molecule has 1 rings (SSSR count). The molecule has 5 heteroatoms. The van der Waals surface area contributed by atoms with E-state index in [1.165, 1.54) is 0 Å². The number of halogens is 1. The summed E-state index contributed by atoms with van der Waals surface area (Å²) >= 11 is 5.90. The van der Waals surface area contributed by atoms with Gasteiger partial charge in [0.25, 0.3) is 0 Å². The smallest absolute Gasteiger partial charge is 0.488 e. The van der Waals surface area contributed by atoms with Crippen molar-refractivity contribution in [1.82, 2.24) is 0 Å². The van der Waals surface area contributed by atoms with Gasteiger partial charge in [-0.2, -0.15) is 0 Å². The normalized spacial score (nSPS) is 10.1. The molecule has 0 saturated heterocycles. The van der Waals surface area contributed by atoms with E-state index in [-0.39, 0.29) is 0 Å². The van der Waals surface area contributed by atoms with Crippen molar-refractivity contribution in [1.29, 1.82) is 0 Å². The molecule has 0 atom stereocenters. The Kier molecular flexibility index (Phi) is 3.81. The van der Waals surface area contributed by atoms with Crippen LogP contribution in [-0.2, 0) is 0 Å². The van der Waals surface area contributed by atoms with Gasteiger partial charge < -0.3 is 14.8 Å². The molecule has 0 aromatic heterocycles. The molecular weight excluding hydrogens is 202 g/mol. The van der Waals surface area contributed by atoms with E-state index in [0.29, 0.717) is 28.4 Å². The first-order chi connectivity index (χ1) is 6.57. The summed E-state index contributed by atoms with van der Waals surface area (Å²) < 4.78 is 5.30. The van der Waals surface area contributed by atoms with E-state index in [1.807, 2.05) is 6.92 Å². The van der Waals surface area contributed by atoms with Crippen LogP contribution in [0, 0.1) is 6.92 Å². The highest BCUT2D eigenvalue weighted by atomic mass is 35.5. The molecule has 0 fully saturated rings. The van der Waals surface area contributed by atoms with Crippen LogP contribution in [0.4, 0.5) is 0 Å². The Bertz CT molecular complexity index is 328. The van der Waals surface area contributed by atoms with Crippen molar-refractivity contribution in [3.63, 3.8) is 0 Å². The topological polar surface area (TPSA) is 49.7 Å². The number of benzene rings is 1. The lowest BCUT2D eigenvalue weighted by atomic mass is 9.77. The summed E-state index contributed by atoms with van der Waals surface area (Å²) in [6.07, 6.45) is 0. The number of rotatable bonds is 3. The van der Waals surface area contributed by atoms with Crippen molar-refractivity contribution in [3.05, 3.63) is 22.7 Å². The molecule has 0 aliphatic heterocycles. The summed E-state index contributed by atoms with van der Waals surface area (Å²) in [6.45, 7) is 4.08. The maximum atomic E-state index is 9.05. The Morgan fingerprint density at radius 1 is 1.43 bits per heavy atom. The van der Waals surface area contributed by atoms with E-state index in [2.05, 4.69) is 0 Å². The Morgan fingerprint density at radius 2 is 2.07 bits per heavy atom. The maximum Gasteiger partial charge on any atom is 0.488 e. The molecular formula is C9H12BClO3. The Morgan fingerprint density at radius 3 is 2.57 bits per heavy atom. The Labute approximate surface area is 88.4 Å². The van der Waals surface area contributed by atoms with E-state index < -0.39 is 7.12 Å². The monoisotopic (exact) mass is 214 g/mol. The van der Waals surface area contributed by atoms with E-state index in [1.54, 1.807) is 19.1 Å². The second-order valence-electron chi connectivity index (χ2n) is 2.90.